The van der Waals surface area contributed by atoms with E-state index in [1.54, 1.807) is 13.8 Å². The van der Waals surface area contributed by atoms with E-state index in [0.29, 0.717) is 37.6 Å². The summed E-state index contributed by atoms with van der Waals surface area (Å²) < 4.78 is 32.1. The topological polar surface area (TPSA) is 95.7 Å². The average molecular weight is 366 g/mol. The highest BCUT2D eigenvalue weighted by atomic mass is 32.2. The molecule has 0 spiro atoms. The summed E-state index contributed by atoms with van der Waals surface area (Å²) in [7, 11) is 0.214. The molecule has 0 bridgehead atoms. The number of anilines is 2. The number of aryl methyl sites for hydroxylation is 2. The van der Waals surface area contributed by atoms with Crippen LogP contribution in [0, 0.1) is 13.8 Å². The molecule has 0 radical (unpaired) electrons. The van der Waals surface area contributed by atoms with Gasteiger partial charge >= 0.3 is 0 Å². The number of rotatable bonds is 4. The fourth-order valence-corrected chi connectivity index (χ4v) is 4.57. The van der Waals surface area contributed by atoms with E-state index >= 15 is 0 Å². The standard InChI is InChI=1S/C15H22N6O3S/c1-11-15(12(2)24-18-11)25(22,23)21-9-7-20(8-10-21)14-6-5-13(16-17-14)19(3)4/h5-6H,7-10H2,1-4H3. The van der Waals surface area contributed by atoms with Crippen molar-refractivity contribution < 1.29 is 12.9 Å². The van der Waals surface area contributed by atoms with Gasteiger partial charge in [0.05, 0.1) is 0 Å². The highest BCUT2D eigenvalue weighted by Crippen LogP contribution is 2.25. The largest absolute Gasteiger partial charge is 0.361 e. The Kier molecular flexibility index (Phi) is 4.65. The van der Waals surface area contributed by atoms with Crippen molar-refractivity contribution in [3.63, 3.8) is 0 Å². The van der Waals surface area contributed by atoms with Crippen molar-refractivity contribution in [2.45, 2.75) is 18.7 Å². The van der Waals surface area contributed by atoms with Crippen LogP contribution >= 0.6 is 0 Å². The predicted molar refractivity (Wildman–Crippen MR) is 93.3 cm³/mol. The molecule has 0 N–H and O–H groups in total. The van der Waals surface area contributed by atoms with Crippen molar-refractivity contribution >= 4 is 21.7 Å². The first-order valence-electron chi connectivity index (χ1n) is 7.99. The van der Waals surface area contributed by atoms with Gasteiger partial charge in [0.1, 0.15) is 10.6 Å². The lowest BCUT2D eigenvalue weighted by Gasteiger charge is -2.34. The maximum Gasteiger partial charge on any atom is 0.248 e. The van der Waals surface area contributed by atoms with E-state index in [1.807, 2.05) is 36.0 Å². The molecule has 1 aliphatic rings. The van der Waals surface area contributed by atoms with Crippen LogP contribution in [0.15, 0.2) is 21.6 Å². The van der Waals surface area contributed by atoms with Crippen LogP contribution in [0.3, 0.4) is 0 Å². The fraction of sp³-hybridized carbons (Fsp3) is 0.533. The Labute approximate surface area is 147 Å². The van der Waals surface area contributed by atoms with Gasteiger partial charge in [0.2, 0.25) is 10.0 Å². The molecule has 3 heterocycles. The molecule has 9 nitrogen and oxygen atoms in total. The molecule has 0 atom stereocenters. The third kappa shape index (κ3) is 3.31. The van der Waals surface area contributed by atoms with Crippen molar-refractivity contribution in [1.82, 2.24) is 19.7 Å². The lowest BCUT2D eigenvalue weighted by Crippen LogP contribution is -2.49. The zero-order chi connectivity index (χ0) is 18.2. The number of hydrogen-bond donors (Lipinski definition) is 0. The molecule has 1 fully saturated rings. The second-order valence-corrected chi connectivity index (χ2v) is 8.06. The summed E-state index contributed by atoms with van der Waals surface area (Å²) in [5.74, 6) is 1.86. The van der Waals surface area contributed by atoms with Crippen LogP contribution in [0.5, 0.6) is 0 Å². The van der Waals surface area contributed by atoms with Gasteiger partial charge < -0.3 is 14.3 Å². The van der Waals surface area contributed by atoms with Crippen molar-refractivity contribution in [2.75, 3.05) is 50.1 Å². The van der Waals surface area contributed by atoms with E-state index in [1.165, 1.54) is 4.31 Å². The number of hydrogen-bond acceptors (Lipinski definition) is 8. The molecule has 0 unspecified atom stereocenters. The second kappa shape index (κ2) is 6.60. The first kappa shape index (κ1) is 17.6. The van der Waals surface area contributed by atoms with Gasteiger partial charge in [-0.05, 0) is 26.0 Å². The number of nitrogens with zero attached hydrogens (tertiary/aromatic N) is 6. The van der Waals surface area contributed by atoms with E-state index in [2.05, 4.69) is 15.4 Å². The number of aromatic nitrogens is 3. The normalized spacial score (nSPS) is 16.2. The third-order valence-corrected chi connectivity index (χ3v) is 6.37. The minimum Gasteiger partial charge on any atom is -0.361 e. The zero-order valence-corrected chi connectivity index (χ0v) is 15.6. The van der Waals surface area contributed by atoms with Crippen molar-refractivity contribution in [3.8, 4) is 0 Å². The molecule has 0 aromatic carbocycles. The fourth-order valence-electron chi connectivity index (χ4n) is 2.85. The molecule has 3 rings (SSSR count). The molecule has 136 valence electrons. The van der Waals surface area contributed by atoms with Crippen LogP contribution in [0.25, 0.3) is 0 Å². The van der Waals surface area contributed by atoms with E-state index in [4.69, 9.17) is 4.52 Å². The molecule has 0 aliphatic carbocycles. The minimum absolute atomic E-state index is 0.177. The van der Waals surface area contributed by atoms with Crippen LogP contribution in [0.4, 0.5) is 11.6 Å². The summed E-state index contributed by atoms with van der Waals surface area (Å²) in [6, 6.07) is 3.80. The van der Waals surface area contributed by atoms with Crippen LogP contribution < -0.4 is 9.80 Å². The van der Waals surface area contributed by atoms with Crippen LogP contribution in [-0.2, 0) is 10.0 Å². The summed E-state index contributed by atoms with van der Waals surface area (Å²) in [5.41, 5.74) is 0.394. The predicted octanol–water partition coefficient (Wildman–Crippen LogP) is 0.658. The molecular formula is C15H22N6O3S. The van der Waals surface area contributed by atoms with E-state index < -0.39 is 10.0 Å². The molecule has 0 saturated carbocycles. The molecule has 1 aliphatic heterocycles. The monoisotopic (exact) mass is 366 g/mol. The van der Waals surface area contributed by atoms with Gasteiger partial charge in [-0.3, -0.25) is 0 Å². The van der Waals surface area contributed by atoms with Gasteiger partial charge in [0, 0.05) is 40.3 Å². The quantitative estimate of drug-likeness (QED) is 0.779. The SMILES string of the molecule is Cc1noc(C)c1S(=O)(=O)N1CCN(c2ccc(N(C)C)nn2)CC1. The Balaban J connectivity index is 1.71. The van der Waals surface area contributed by atoms with Gasteiger partial charge in [-0.2, -0.15) is 4.31 Å². The lowest BCUT2D eigenvalue weighted by atomic mass is 10.3. The maximum atomic E-state index is 12.8. The van der Waals surface area contributed by atoms with Gasteiger partial charge in [0.15, 0.2) is 17.4 Å². The highest BCUT2D eigenvalue weighted by molar-refractivity contribution is 7.89. The molecule has 2 aromatic heterocycles. The Hall–Kier alpha value is -2.20. The van der Waals surface area contributed by atoms with Crippen molar-refractivity contribution in [2.24, 2.45) is 0 Å². The third-order valence-electron chi connectivity index (χ3n) is 4.22. The highest BCUT2D eigenvalue weighted by Gasteiger charge is 2.33. The maximum absolute atomic E-state index is 12.8. The van der Waals surface area contributed by atoms with Crippen LogP contribution in [0.2, 0.25) is 0 Å². The van der Waals surface area contributed by atoms with Crippen LogP contribution in [-0.4, -0.2) is 68.4 Å². The summed E-state index contributed by atoms with van der Waals surface area (Å²) in [5, 5.41) is 12.1. The smallest absolute Gasteiger partial charge is 0.248 e. The Bertz CT molecular complexity index is 819. The lowest BCUT2D eigenvalue weighted by molar-refractivity contribution is 0.377. The van der Waals surface area contributed by atoms with Gasteiger partial charge in [-0.15, -0.1) is 10.2 Å². The summed E-state index contributed by atoms with van der Waals surface area (Å²) in [4.78, 5) is 4.09. The first-order valence-corrected chi connectivity index (χ1v) is 9.43. The molecule has 2 aromatic rings. The Morgan fingerprint density at radius 3 is 2.24 bits per heavy atom. The molecule has 1 saturated heterocycles. The molecule has 10 heteroatoms. The first-order chi connectivity index (χ1) is 11.8. The summed E-state index contributed by atoms with van der Waals surface area (Å²) in [6.07, 6.45) is 0. The molecular weight excluding hydrogens is 344 g/mol. The van der Waals surface area contributed by atoms with Crippen molar-refractivity contribution in [3.05, 3.63) is 23.6 Å². The van der Waals surface area contributed by atoms with Gasteiger partial charge in [0.25, 0.3) is 0 Å². The van der Waals surface area contributed by atoms with Crippen molar-refractivity contribution in [1.29, 1.82) is 0 Å². The molecule has 25 heavy (non-hydrogen) atoms. The van der Waals surface area contributed by atoms with E-state index in [9.17, 15) is 8.42 Å². The minimum atomic E-state index is -3.60. The Morgan fingerprint density at radius 2 is 1.76 bits per heavy atom. The van der Waals surface area contributed by atoms with Gasteiger partial charge in [-0.25, -0.2) is 8.42 Å². The number of piperazine rings is 1. The van der Waals surface area contributed by atoms with E-state index in [0.717, 1.165) is 11.6 Å². The van der Waals surface area contributed by atoms with E-state index in [-0.39, 0.29) is 4.90 Å². The summed E-state index contributed by atoms with van der Waals surface area (Å²) in [6.45, 7) is 5.12. The van der Waals surface area contributed by atoms with Crippen LogP contribution in [0.1, 0.15) is 11.5 Å². The Morgan fingerprint density at radius 1 is 1.08 bits per heavy atom. The second-order valence-electron chi connectivity index (χ2n) is 6.19. The zero-order valence-electron chi connectivity index (χ0n) is 14.8. The molecule has 0 amide bonds. The summed E-state index contributed by atoms with van der Waals surface area (Å²) >= 11 is 0. The average Bonchev–Trinajstić information content (AvgIpc) is 2.94. The number of sulfonamides is 1. The van der Waals surface area contributed by atoms with Gasteiger partial charge in [-0.1, -0.05) is 5.16 Å².